The molecule has 2 atom stereocenters. The van der Waals surface area contributed by atoms with Crippen LogP contribution in [0.5, 0.6) is 0 Å². The van der Waals surface area contributed by atoms with Gasteiger partial charge in [-0.3, -0.25) is 4.79 Å². The molecule has 0 saturated carbocycles. The van der Waals surface area contributed by atoms with Crippen molar-refractivity contribution in [3.63, 3.8) is 0 Å². The van der Waals surface area contributed by atoms with Gasteiger partial charge in [-0.1, -0.05) is 12.1 Å². The van der Waals surface area contributed by atoms with E-state index in [1.807, 2.05) is 0 Å². The summed E-state index contributed by atoms with van der Waals surface area (Å²) in [6, 6.07) is 11.1. The Labute approximate surface area is 188 Å². The molecular weight excluding hydrogens is 431 g/mol. The molecule has 0 bridgehead atoms. The van der Waals surface area contributed by atoms with Crippen LogP contribution in [0.2, 0.25) is 0 Å². The van der Waals surface area contributed by atoms with Gasteiger partial charge in [-0.05, 0) is 37.3 Å². The lowest BCUT2D eigenvalue weighted by Gasteiger charge is -2.40. The molecule has 3 aromatic rings. The first kappa shape index (κ1) is 21.2. The molecule has 2 aliphatic heterocycles. The highest BCUT2D eigenvalue weighted by Gasteiger charge is 2.42. The highest BCUT2D eigenvalue weighted by molar-refractivity contribution is 6.05. The quantitative estimate of drug-likeness (QED) is 0.603. The Kier molecular flexibility index (Phi) is 5.39. The first-order valence-corrected chi connectivity index (χ1v) is 10.8. The maximum atomic E-state index is 14.8. The van der Waals surface area contributed by atoms with Crippen molar-refractivity contribution >= 4 is 23.1 Å². The molecule has 1 amide bonds. The van der Waals surface area contributed by atoms with Crippen molar-refractivity contribution in [3.8, 4) is 0 Å². The molecule has 2 unspecified atom stereocenters. The average Bonchev–Trinajstić information content (AvgIpc) is 3.28. The van der Waals surface area contributed by atoms with Gasteiger partial charge in [0.25, 0.3) is 0 Å². The first-order chi connectivity index (χ1) is 15.9. The van der Waals surface area contributed by atoms with Crippen molar-refractivity contribution in [1.82, 2.24) is 14.7 Å². The molecule has 0 spiro atoms. The first-order valence-electron chi connectivity index (χ1n) is 10.8. The molecule has 0 radical (unpaired) electrons. The number of nitrogens with zero attached hydrogens (tertiary/aromatic N) is 5. The second-order valence-corrected chi connectivity index (χ2v) is 8.24. The summed E-state index contributed by atoms with van der Waals surface area (Å²) in [7, 11) is 0. The Morgan fingerprint density at radius 1 is 0.970 bits per heavy atom. The molecule has 5 rings (SSSR count). The maximum absolute atomic E-state index is 14.8. The number of benzene rings is 2. The second-order valence-electron chi connectivity index (χ2n) is 8.24. The Balaban J connectivity index is 1.42. The number of aliphatic imine (C=N–C) groups is 1. The van der Waals surface area contributed by atoms with Crippen LogP contribution in [0.4, 0.5) is 24.7 Å². The fraction of sp³-hybridized carbons (Fsp3) is 0.292. The Morgan fingerprint density at radius 3 is 2.42 bits per heavy atom. The number of hydrogen-bond acceptors (Lipinski definition) is 4. The molecule has 1 saturated heterocycles. The number of amides is 1. The minimum absolute atomic E-state index is 0.0671. The minimum Gasteiger partial charge on any atom is -0.368 e. The van der Waals surface area contributed by atoms with Gasteiger partial charge in [0, 0.05) is 49.2 Å². The zero-order valence-corrected chi connectivity index (χ0v) is 18.0. The number of hydrogen-bond donors (Lipinski definition) is 0. The number of rotatable bonds is 3. The van der Waals surface area contributed by atoms with E-state index in [0.717, 1.165) is 11.8 Å². The van der Waals surface area contributed by atoms with E-state index in [9.17, 15) is 18.0 Å². The largest absolute Gasteiger partial charge is 0.368 e. The summed E-state index contributed by atoms with van der Waals surface area (Å²) in [4.78, 5) is 22.0. The van der Waals surface area contributed by atoms with Crippen LogP contribution >= 0.6 is 0 Å². The number of piperazine rings is 1. The van der Waals surface area contributed by atoms with Gasteiger partial charge >= 0.3 is 0 Å². The summed E-state index contributed by atoms with van der Waals surface area (Å²) in [5, 5.41) is 4.27. The lowest BCUT2D eigenvalue weighted by Crippen LogP contribution is -2.53. The standard InChI is InChI=1S/C24H22F3N5O/c1-15-21(24(33)31-13-11-30(12-14-31)17-7-5-16(25)6-8-17)23(32-20(29-15)9-10-28-32)18-3-2-4-19(26)22(18)27/h2-10,21,23H,11-14H2,1H3. The number of fused-ring (bicyclic) bond motifs is 1. The molecule has 33 heavy (non-hydrogen) atoms. The van der Waals surface area contributed by atoms with Gasteiger partial charge in [-0.25, -0.2) is 22.8 Å². The topological polar surface area (TPSA) is 53.7 Å². The normalized spacial score (nSPS) is 20.4. The van der Waals surface area contributed by atoms with E-state index in [0.29, 0.717) is 37.7 Å². The van der Waals surface area contributed by atoms with Gasteiger partial charge in [-0.2, -0.15) is 5.10 Å². The molecule has 0 aliphatic carbocycles. The summed E-state index contributed by atoms with van der Waals surface area (Å²) in [5.74, 6) is -2.78. The minimum atomic E-state index is -0.988. The second kappa shape index (κ2) is 8.38. The van der Waals surface area contributed by atoms with Crippen molar-refractivity contribution in [2.45, 2.75) is 13.0 Å². The molecule has 3 heterocycles. The number of carbonyl (C=O) groups excluding carboxylic acids is 1. The van der Waals surface area contributed by atoms with E-state index in [4.69, 9.17) is 0 Å². The van der Waals surface area contributed by atoms with Gasteiger partial charge in [0.15, 0.2) is 17.5 Å². The van der Waals surface area contributed by atoms with Crippen LogP contribution in [0.25, 0.3) is 0 Å². The van der Waals surface area contributed by atoms with Gasteiger partial charge in [0.05, 0.1) is 12.2 Å². The van der Waals surface area contributed by atoms with E-state index in [1.165, 1.54) is 35.1 Å². The maximum Gasteiger partial charge on any atom is 0.234 e. The van der Waals surface area contributed by atoms with Crippen molar-refractivity contribution in [2.24, 2.45) is 10.9 Å². The Hall–Kier alpha value is -3.62. The number of carbonyl (C=O) groups is 1. The summed E-state index contributed by atoms with van der Waals surface area (Å²) in [5.41, 5.74) is 1.49. The van der Waals surface area contributed by atoms with Crippen LogP contribution in [0.15, 0.2) is 59.7 Å². The SMILES string of the molecule is CC1=Nc2ccnn2C(c2cccc(F)c2F)C1C(=O)N1CCN(c2ccc(F)cc2)CC1. The zero-order chi connectivity index (χ0) is 23.1. The fourth-order valence-electron chi connectivity index (χ4n) is 4.64. The molecule has 0 N–H and O–H groups in total. The molecule has 9 heteroatoms. The van der Waals surface area contributed by atoms with Crippen LogP contribution in [-0.4, -0.2) is 52.5 Å². The smallest absolute Gasteiger partial charge is 0.234 e. The van der Waals surface area contributed by atoms with Gasteiger partial charge in [0.1, 0.15) is 11.7 Å². The van der Waals surface area contributed by atoms with E-state index < -0.39 is 23.6 Å². The van der Waals surface area contributed by atoms with Crippen LogP contribution in [0.1, 0.15) is 18.5 Å². The van der Waals surface area contributed by atoms with Crippen molar-refractivity contribution in [2.75, 3.05) is 31.1 Å². The highest BCUT2D eigenvalue weighted by atomic mass is 19.2. The number of anilines is 1. The van der Waals surface area contributed by atoms with E-state index in [-0.39, 0.29) is 17.3 Å². The van der Waals surface area contributed by atoms with Gasteiger partial charge in [-0.15, -0.1) is 0 Å². The highest BCUT2D eigenvalue weighted by Crippen LogP contribution is 2.38. The van der Waals surface area contributed by atoms with Gasteiger partial charge < -0.3 is 9.80 Å². The predicted octanol–water partition coefficient (Wildman–Crippen LogP) is 3.96. The molecule has 2 aliphatic rings. The molecule has 2 aromatic carbocycles. The van der Waals surface area contributed by atoms with Crippen LogP contribution in [0.3, 0.4) is 0 Å². The third-order valence-electron chi connectivity index (χ3n) is 6.32. The Bertz CT molecular complexity index is 1220. The molecule has 1 aromatic heterocycles. The molecule has 6 nitrogen and oxygen atoms in total. The van der Waals surface area contributed by atoms with Gasteiger partial charge in [0.2, 0.25) is 5.91 Å². The molecular formula is C24H22F3N5O. The lowest BCUT2D eigenvalue weighted by molar-refractivity contribution is -0.134. The summed E-state index contributed by atoms with van der Waals surface area (Å²) >= 11 is 0. The van der Waals surface area contributed by atoms with E-state index >= 15 is 0 Å². The molecule has 1 fully saturated rings. The van der Waals surface area contributed by atoms with Crippen molar-refractivity contribution in [3.05, 3.63) is 77.7 Å². The van der Waals surface area contributed by atoms with E-state index in [1.54, 1.807) is 30.0 Å². The molecule has 170 valence electrons. The van der Waals surface area contributed by atoms with Crippen molar-refractivity contribution < 1.29 is 18.0 Å². The third-order valence-corrected chi connectivity index (χ3v) is 6.32. The Morgan fingerprint density at radius 2 is 1.70 bits per heavy atom. The monoisotopic (exact) mass is 453 g/mol. The summed E-state index contributed by atoms with van der Waals surface area (Å²) in [6.07, 6.45) is 1.53. The number of aromatic nitrogens is 2. The summed E-state index contributed by atoms with van der Waals surface area (Å²) < 4.78 is 43.7. The van der Waals surface area contributed by atoms with Crippen molar-refractivity contribution in [1.29, 1.82) is 0 Å². The number of halogens is 3. The average molecular weight is 453 g/mol. The predicted molar refractivity (Wildman–Crippen MR) is 118 cm³/mol. The summed E-state index contributed by atoms with van der Waals surface area (Å²) in [6.45, 7) is 3.78. The zero-order valence-electron chi connectivity index (χ0n) is 18.0. The lowest BCUT2D eigenvalue weighted by atomic mass is 9.86. The van der Waals surface area contributed by atoms with Crippen LogP contribution < -0.4 is 4.90 Å². The van der Waals surface area contributed by atoms with Crippen LogP contribution in [-0.2, 0) is 4.79 Å². The fourth-order valence-corrected chi connectivity index (χ4v) is 4.64. The third kappa shape index (κ3) is 3.77. The van der Waals surface area contributed by atoms with E-state index in [2.05, 4.69) is 15.0 Å². The van der Waals surface area contributed by atoms with Crippen LogP contribution in [0, 0.1) is 23.4 Å².